The number of halogens is 2. The van der Waals surface area contributed by atoms with Gasteiger partial charge in [0.1, 0.15) is 6.04 Å². The lowest BCUT2D eigenvalue weighted by atomic mass is 10.0. The first-order valence-corrected chi connectivity index (χ1v) is 14.8. The van der Waals surface area contributed by atoms with Gasteiger partial charge in [0.2, 0.25) is 21.8 Å². The van der Waals surface area contributed by atoms with E-state index in [2.05, 4.69) is 5.32 Å². The van der Waals surface area contributed by atoms with E-state index in [-0.39, 0.29) is 37.7 Å². The molecule has 2 rings (SSSR count). The molecular weight excluding hydrogens is 533 g/mol. The van der Waals surface area contributed by atoms with Crippen LogP contribution in [0.15, 0.2) is 42.5 Å². The minimum atomic E-state index is -3.62. The summed E-state index contributed by atoms with van der Waals surface area (Å²) < 4.78 is 26.4. The average molecular weight is 571 g/mol. The number of rotatable bonds is 11. The van der Waals surface area contributed by atoms with Crippen molar-refractivity contribution in [2.24, 2.45) is 0 Å². The van der Waals surface area contributed by atoms with Crippen molar-refractivity contribution < 1.29 is 18.0 Å². The predicted molar refractivity (Wildman–Crippen MR) is 152 cm³/mol. The number of anilines is 1. The number of carbonyl (C=O) groups excluding carboxylic acids is 2. The van der Waals surface area contributed by atoms with Crippen molar-refractivity contribution in [3.8, 4) is 0 Å². The molecule has 0 radical (unpaired) electrons. The molecular formula is C27H37Cl2N3O4S. The van der Waals surface area contributed by atoms with E-state index in [0.29, 0.717) is 27.7 Å². The monoisotopic (exact) mass is 569 g/mol. The van der Waals surface area contributed by atoms with Gasteiger partial charge in [0, 0.05) is 35.1 Å². The zero-order chi connectivity index (χ0) is 28.0. The molecule has 0 saturated heterocycles. The second-order valence-corrected chi connectivity index (χ2v) is 12.8. The molecule has 0 aromatic heterocycles. The molecule has 1 atom stereocenters. The van der Waals surface area contributed by atoms with E-state index < -0.39 is 21.6 Å². The van der Waals surface area contributed by atoms with Gasteiger partial charge in [-0.05, 0) is 69.9 Å². The van der Waals surface area contributed by atoms with Gasteiger partial charge in [-0.1, -0.05) is 54.4 Å². The molecule has 204 valence electrons. The summed E-state index contributed by atoms with van der Waals surface area (Å²) in [5, 5.41) is 3.93. The fraction of sp³-hybridized carbons (Fsp3) is 0.481. The lowest BCUT2D eigenvalue weighted by Crippen LogP contribution is -2.53. The first kappa shape index (κ1) is 30.9. The Morgan fingerprint density at radius 1 is 1.03 bits per heavy atom. The SMILES string of the molecule is CCC(C(=O)NC(C)(C)C)N(Cc1ccccc1Cl)C(=O)CCCN(c1cccc(Cl)c1C)S(C)(=O)=O. The van der Waals surface area contributed by atoms with E-state index in [4.69, 9.17) is 23.2 Å². The Morgan fingerprint density at radius 3 is 2.22 bits per heavy atom. The minimum absolute atomic E-state index is 0.0510. The Morgan fingerprint density at radius 2 is 1.65 bits per heavy atom. The van der Waals surface area contributed by atoms with Gasteiger partial charge in [-0.25, -0.2) is 8.42 Å². The van der Waals surface area contributed by atoms with Gasteiger partial charge in [0.25, 0.3) is 0 Å². The summed E-state index contributed by atoms with van der Waals surface area (Å²) in [4.78, 5) is 28.2. The van der Waals surface area contributed by atoms with Crippen molar-refractivity contribution in [1.29, 1.82) is 0 Å². The smallest absolute Gasteiger partial charge is 0.243 e. The Hall–Kier alpha value is -2.29. The quantitative estimate of drug-likeness (QED) is 0.383. The molecule has 0 heterocycles. The van der Waals surface area contributed by atoms with Crippen LogP contribution >= 0.6 is 23.2 Å². The molecule has 7 nitrogen and oxygen atoms in total. The highest BCUT2D eigenvalue weighted by molar-refractivity contribution is 7.92. The van der Waals surface area contributed by atoms with E-state index >= 15 is 0 Å². The molecule has 1 unspecified atom stereocenters. The molecule has 10 heteroatoms. The van der Waals surface area contributed by atoms with Crippen molar-refractivity contribution in [2.45, 2.75) is 72.0 Å². The summed E-state index contributed by atoms with van der Waals surface area (Å²) in [6, 6.07) is 11.6. The largest absolute Gasteiger partial charge is 0.350 e. The Labute approximate surface area is 231 Å². The number of hydrogen-bond acceptors (Lipinski definition) is 4. The summed E-state index contributed by atoms with van der Waals surface area (Å²) >= 11 is 12.6. The van der Waals surface area contributed by atoms with Crippen LogP contribution in [-0.4, -0.2) is 49.5 Å². The number of nitrogens with one attached hydrogen (secondary N) is 1. The van der Waals surface area contributed by atoms with Crippen molar-refractivity contribution >= 4 is 50.7 Å². The maximum absolute atomic E-state index is 13.5. The second kappa shape index (κ2) is 13.0. The minimum Gasteiger partial charge on any atom is -0.350 e. The van der Waals surface area contributed by atoms with Crippen LogP contribution in [0, 0.1) is 6.92 Å². The number of hydrogen-bond donors (Lipinski definition) is 1. The molecule has 37 heavy (non-hydrogen) atoms. The Kier molecular flexibility index (Phi) is 10.9. The zero-order valence-electron chi connectivity index (χ0n) is 22.3. The first-order chi connectivity index (χ1) is 17.2. The van der Waals surface area contributed by atoms with Crippen LogP contribution in [0.2, 0.25) is 10.0 Å². The summed E-state index contributed by atoms with van der Waals surface area (Å²) in [6.07, 6.45) is 1.85. The van der Waals surface area contributed by atoms with Gasteiger partial charge in [-0.15, -0.1) is 0 Å². The summed E-state index contributed by atoms with van der Waals surface area (Å²) in [6.45, 7) is 9.52. The maximum Gasteiger partial charge on any atom is 0.243 e. The van der Waals surface area contributed by atoms with Gasteiger partial charge < -0.3 is 10.2 Å². The molecule has 0 aliphatic carbocycles. The lowest BCUT2D eigenvalue weighted by molar-refractivity contribution is -0.142. The number of sulfonamides is 1. The summed E-state index contributed by atoms with van der Waals surface area (Å²) in [5.41, 5.74) is 1.39. The van der Waals surface area contributed by atoms with E-state index in [1.165, 1.54) is 9.21 Å². The van der Waals surface area contributed by atoms with Gasteiger partial charge in [-0.2, -0.15) is 0 Å². The topological polar surface area (TPSA) is 86.8 Å². The van der Waals surface area contributed by atoms with Crippen molar-refractivity contribution in [2.75, 3.05) is 17.1 Å². The van der Waals surface area contributed by atoms with Gasteiger partial charge in [0.05, 0.1) is 11.9 Å². The highest BCUT2D eigenvalue weighted by Crippen LogP contribution is 2.29. The van der Waals surface area contributed by atoms with Crippen LogP contribution in [0.5, 0.6) is 0 Å². The predicted octanol–water partition coefficient (Wildman–Crippen LogP) is 5.57. The molecule has 0 saturated carbocycles. The normalized spacial score (nSPS) is 12.6. The molecule has 2 aromatic rings. The third-order valence-corrected chi connectivity index (χ3v) is 7.80. The van der Waals surface area contributed by atoms with Crippen LogP contribution in [0.1, 0.15) is 58.1 Å². The molecule has 0 bridgehead atoms. The number of benzene rings is 2. The Bertz CT molecular complexity index is 1210. The van der Waals surface area contributed by atoms with Crippen molar-refractivity contribution in [3.05, 3.63) is 63.6 Å². The van der Waals surface area contributed by atoms with Crippen LogP contribution in [0.25, 0.3) is 0 Å². The van der Waals surface area contributed by atoms with Gasteiger partial charge in [0.15, 0.2) is 0 Å². The molecule has 0 spiro atoms. The fourth-order valence-electron chi connectivity index (χ4n) is 4.03. The van der Waals surface area contributed by atoms with Gasteiger partial charge >= 0.3 is 0 Å². The maximum atomic E-state index is 13.5. The van der Waals surface area contributed by atoms with Crippen molar-refractivity contribution in [3.63, 3.8) is 0 Å². The Balaban J connectivity index is 2.29. The average Bonchev–Trinajstić information content (AvgIpc) is 2.78. The molecule has 0 fully saturated rings. The highest BCUT2D eigenvalue weighted by atomic mass is 35.5. The molecule has 1 N–H and O–H groups in total. The number of amides is 2. The van der Waals surface area contributed by atoms with Crippen LogP contribution in [0.3, 0.4) is 0 Å². The highest BCUT2D eigenvalue weighted by Gasteiger charge is 2.31. The molecule has 2 amide bonds. The third kappa shape index (κ3) is 8.90. The molecule has 2 aromatic carbocycles. The number of carbonyl (C=O) groups is 2. The van der Waals surface area contributed by atoms with Crippen LogP contribution < -0.4 is 9.62 Å². The van der Waals surface area contributed by atoms with Crippen LogP contribution in [0.4, 0.5) is 5.69 Å². The van der Waals surface area contributed by atoms with E-state index in [9.17, 15) is 18.0 Å². The lowest BCUT2D eigenvalue weighted by Gasteiger charge is -2.33. The second-order valence-electron chi connectivity index (χ2n) is 10.1. The zero-order valence-corrected chi connectivity index (χ0v) is 24.7. The van der Waals surface area contributed by atoms with E-state index in [0.717, 1.165) is 11.8 Å². The first-order valence-electron chi connectivity index (χ1n) is 12.2. The fourth-order valence-corrected chi connectivity index (χ4v) is 5.41. The van der Waals surface area contributed by atoms with E-state index in [1.54, 1.807) is 37.3 Å². The molecule has 0 aliphatic rings. The van der Waals surface area contributed by atoms with Crippen molar-refractivity contribution in [1.82, 2.24) is 10.2 Å². The van der Waals surface area contributed by atoms with Crippen LogP contribution in [-0.2, 0) is 26.2 Å². The third-order valence-electron chi connectivity index (χ3n) is 5.84. The number of nitrogens with zero attached hydrogens (tertiary/aromatic N) is 2. The standard InChI is InChI=1S/C27H37Cl2N3O4S/c1-7-23(26(34)30-27(3,4)5)31(18-20-12-8-9-13-22(20)29)25(33)16-11-17-32(37(6,35)36)24-15-10-14-21(28)19(24)2/h8-10,12-15,23H,7,11,16-18H2,1-6H3,(H,30,34). The summed E-state index contributed by atoms with van der Waals surface area (Å²) in [5.74, 6) is -0.505. The van der Waals surface area contributed by atoms with E-state index in [1.807, 2.05) is 39.8 Å². The summed E-state index contributed by atoms with van der Waals surface area (Å²) in [7, 11) is -3.62. The van der Waals surface area contributed by atoms with Gasteiger partial charge in [-0.3, -0.25) is 13.9 Å². The molecule has 0 aliphatic heterocycles.